The van der Waals surface area contributed by atoms with Gasteiger partial charge in [-0.2, -0.15) is 0 Å². The van der Waals surface area contributed by atoms with Gasteiger partial charge in [-0.15, -0.1) is 0 Å². The summed E-state index contributed by atoms with van der Waals surface area (Å²) in [6, 6.07) is 10.4. The quantitative estimate of drug-likeness (QED) is 0.757. The maximum Gasteiger partial charge on any atom is 0.213 e. The average Bonchev–Trinajstić information content (AvgIpc) is 2.52. The number of nitrogens with zero attached hydrogens (tertiary/aromatic N) is 1. The number of carbonyl (C=O) groups is 1. The number of ether oxygens (including phenoxy) is 3. The summed E-state index contributed by atoms with van der Waals surface area (Å²) in [6.07, 6.45) is 0.744. The predicted octanol–water partition coefficient (Wildman–Crippen LogP) is 2.49. The minimum Gasteiger partial charge on any atom is -0.497 e. The molecular formula is C15H15NO4. The molecule has 0 radical (unpaired) electrons. The third-order valence-corrected chi connectivity index (χ3v) is 2.71. The summed E-state index contributed by atoms with van der Waals surface area (Å²) in [6.45, 7) is 0.241. The molecule has 0 atom stereocenters. The van der Waals surface area contributed by atoms with Crippen LogP contribution in [0.4, 0.5) is 0 Å². The van der Waals surface area contributed by atoms with Crippen LogP contribution in [0.15, 0.2) is 36.4 Å². The number of rotatable bonds is 6. The molecule has 0 fully saturated rings. The molecule has 20 heavy (non-hydrogen) atoms. The molecule has 0 bridgehead atoms. The summed E-state index contributed by atoms with van der Waals surface area (Å²) in [5, 5.41) is 0. The third kappa shape index (κ3) is 3.26. The molecular weight excluding hydrogens is 258 g/mol. The van der Waals surface area contributed by atoms with Crippen LogP contribution in [-0.2, 0) is 6.61 Å². The minimum atomic E-state index is 0.241. The average molecular weight is 273 g/mol. The topological polar surface area (TPSA) is 57.7 Å². The van der Waals surface area contributed by atoms with E-state index in [-0.39, 0.29) is 6.61 Å². The van der Waals surface area contributed by atoms with Gasteiger partial charge in [-0.05, 0) is 18.2 Å². The Morgan fingerprint density at radius 2 is 2.00 bits per heavy atom. The zero-order valence-corrected chi connectivity index (χ0v) is 11.3. The third-order valence-electron chi connectivity index (χ3n) is 2.71. The summed E-state index contributed by atoms with van der Waals surface area (Å²) in [5.74, 6) is 1.61. The van der Waals surface area contributed by atoms with Gasteiger partial charge < -0.3 is 14.2 Å². The molecule has 0 spiro atoms. The summed E-state index contributed by atoms with van der Waals surface area (Å²) < 4.78 is 15.8. The van der Waals surface area contributed by atoms with Crippen LogP contribution in [-0.4, -0.2) is 25.5 Å². The van der Waals surface area contributed by atoms with E-state index in [4.69, 9.17) is 14.2 Å². The van der Waals surface area contributed by atoms with Crippen LogP contribution >= 0.6 is 0 Å². The van der Waals surface area contributed by atoms with Gasteiger partial charge in [-0.3, -0.25) is 4.79 Å². The van der Waals surface area contributed by atoms with Crippen molar-refractivity contribution in [1.29, 1.82) is 0 Å². The molecule has 0 aliphatic heterocycles. The first-order chi connectivity index (χ1) is 9.76. The van der Waals surface area contributed by atoms with Gasteiger partial charge in [0.1, 0.15) is 18.1 Å². The van der Waals surface area contributed by atoms with Crippen molar-refractivity contribution < 1.29 is 19.0 Å². The van der Waals surface area contributed by atoms with Gasteiger partial charge in [0, 0.05) is 12.1 Å². The number of methoxy groups -OCH3 is 2. The molecule has 0 amide bonds. The molecule has 1 aromatic heterocycles. The molecule has 0 N–H and O–H groups in total. The highest BCUT2D eigenvalue weighted by Crippen LogP contribution is 2.24. The van der Waals surface area contributed by atoms with Crippen LogP contribution in [0, 0.1) is 0 Å². The molecule has 0 aliphatic carbocycles. The summed E-state index contributed by atoms with van der Waals surface area (Å²) >= 11 is 0. The summed E-state index contributed by atoms with van der Waals surface area (Å²) in [4.78, 5) is 15.2. The van der Waals surface area contributed by atoms with Gasteiger partial charge in [0.05, 0.1) is 25.5 Å². The van der Waals surface area contributed by atoms with Gasteiger partial charge >= 0.3 is 0 Å². The SMILES string of the molecule is COc1ccc(C=O)c(OCc2cccc(OC)n2)c1. The Kier molecular flexibility index (Phi) is 4.55. The fourth-order valence-electron chi connectivity index (χ4n) is 1.67. The lowest BCUT2D eigenvalue weighted by Gasteiger charge is -2.10. The maximum absolute atomic E-state index is 11.0. The van der Waals surface area contributed by atoms with E-state index in [1.807, 2.05) is 12.1 Å². The maximum atomic E-state index is 11.0. The summed E-state index contributed by atoms with van der Waals surface area (Å²) in [7, 11) is 3.11. The van der Waals surface area contributed by atoms with Crippen LogP contribution in [0.25, 0.3) is 0 Å². The molecule has 5 heteroatoms. The lowest BCUT2D eigenvalue weighted by atomic mass is 10.2. The van der Waals surface area contributed by atoms with Crippen LogP contribution in [0.1, 0.15) is 16.1 Å². The highest BCUT2D eigenvalue weighted by molar-refractivity contribution is 5.79. The van der Waals surface area contributed by atoms with E-state index in [0.717, 1.165) is 6.29 Å². The molecule has 0 aliphatic rings. The van der Waals surface area contributed by atoms with E-state index in [1.54, 1.807) is 38.5 Å². The van der Waals surface area contributed by atoms with Crippen molar-refractivity contribution in [2.24, 2.45) is 0 Å². The molecule has 2 rings (SSSR count). The van der Waals surface area contributed by atoms with Crippen molar-refractivity contribution >= 4 is 6.29 Å². The van der Waals surface area contributed by atoms with Crippen molar-refractivity contribution in [3.8, 4) is 17.4 Å². The monoisotopic (exact) mass is 273 g/mol. The normalized spacial score (nSPS) is 9.90. The molecule has 0 saturated carbocycles. The fourth-order valence-corrected chi connectivity index (χ4v) is 1.67. The molecule has 5 nitrogen and oxygen atoms in total. The molecule has 0 unspecified atom stereocenters. The van der Waals surface area contributed by atoms with Gasteiger partial charge in [0.25, 0.3) is 0 Å². The predicted molar refractivity (Wildman–Crippen MR) is 73.5 cm³/mol. The highest BCUT2D eigenvalue weighted by atomic mass is 16.5. The van der Waals surface area contributed by atoms with E-state index < -0.39 is 0 Å². The Morgan fingerprint density at radius 3 is 2.70 bits per heavy atom. The Balaban J connectivity index is 2.14. The Labute approximate surface area is 117 Å². The van der Waals surface area contributed by atoms with Crippen molar-refractivity contribution in [2.75, 3.05) is 14.2 Å². The number of hydrogen-bond donors (Lipinski definition) is 0. The lowest BCUT2D eigenvalue weighted by molar-refractivity contribution is 0.111. The second kappa shape index (κ2) is 6.56. The first-order valence-corrected chi connectivity index (χ1v) is 6.02. The first kappa shape index (κ1) is 13.9. The molecule has 104 valence electrons. The molecule has 2 aromatic rings. The molecule has 1 aromatic carbocycles. The number of benzene rings is 1. The van der Waals surface area contributed by atoms with E-state index in [9.17, 15) is 4.79 Å². The Hall–Kier alpha value is -2.56. The van der Waals surface area contributed by atoms with Crippen LogP contribution in [0.5, 0.6) is 17.4 Å². The van der Waals surface area contributed by atoms with E-state index in [1.165, 1.54) is 0 Å². The van der Waals surface area contributed by atoms with Gasteiger partial charge in [-0.1, -0.05) is 6.07 Å². The second-order valence-electron chi connectivity index (χ2n) is 3.98. The van der Waals surface area contributed by atoms with E-state index in [0.29, 0.717) is 28.6 Å². The van der Waals surface area contributed by atoms with Crippen molar-refractivity contribution in [3.05, 3.63) is 47.7 Å². The van der Waals surface area contributed by atoms with Crippen LogP contribution in [0.3, 0.4) is 0 Å². The van der Waals surface area contributed by atoms with E-state index in [2.05, 4.69) is 4.98 Å². The van der Waals surface area contributed by atoms with Crippen LogP contribution in [0.2, 0.25) is 0 Å². The Morgan fingerprint density at radius 1 is 1.15 bits per heavy atom. The van der Waals surface area contributed by atoms with Crippen molar-refractivity contribution in [2.45, 2.75) is 6.61 Å². The Bertz CT molecular complexity index is 598. The first-order valence-electron chi connectivity index (χ1n) is 6.02. The molecule has 1 heterocycles. The van der Waals surface area contributed by atoms with Gasteiger partial charge in [0.2, 0.25) is 5.88 Å². The van der Waals surface area contributed by atoms with E-state index >= 15 is 0 Å². The minimum absolute atomic E-state index is 0.241. The van der Waals surface area contributed by atoms with Crippen molar-refractivity contribution in [1.82, 2.24) is 4.98 Å². The fraction of sp³-hybridized carbons (Fsp3) is 0.200. The highest BCUT2D eigenvalue weighted by Gasteiger charge is 2.06. The number of aldehydes is 1. The number of carbonyl (C=O) groups excluding carboxylic acids is 1. The van der Waals surface area contributed by atoms with Gasteiger partial charge in [-0.25, -0.2) is 4.98 Å². The lowest BCUT2D eigenvalue weighted by Crippen LogP contribution is -2.01. The zero-order chi connectivity index (χ0) is 14.4. The van der Waals surface area contributed by atoms with Crippen LogP contribution < -0.4 is 14.2 Å². The largest absolute Gasteiger partial charge is 0.497 e. The second-order valence-corrected chi connectivity index (χ2v) is 3.98. The smallest absolute Gasteiger partial charge is 0.213 e. The van der Waals surface area contributed by atoms with Gasteiger partial charge in [0.15, 0.2) is 6.29 Å². The zero-order valence-electron chi connectivity index (χ0n) is 11.3. The number of hydrogen-bond acceptors (Lipinski definition) is 5. The standard InChI is InChI=1S/C15H15NO4/c1-18-13-7-6-11(9-17)14(8-13)20-10-12-4-3-5-15(16-12)19-2/h3-9H,10H2,1-2H3. The summed E-state index contributed by atoms with van der Waals surface area (Å²) in [5.41, 5.74) is 1.18. The van der Waals surface area contributed by atoms with Crippen molar-refractivity contribution in [3.63, 3.8) is 0 Å². The number of aromatic nitrogens is 1. The molecule has 0 saturated heterocycles. The number of pyridine rings is 1.